The smallest absolute Gasteiger partial charge is 0.320 e. The Morgan fingerprint density at radius 1 is 0.950 bits per heavy atom. The lowest BCUT2D eigenvalue weighted by molar-refractivity contribution is -0.119. The molecule has 4 amide bonds. The minimum Gasteiger partial charge on any atom is -0.397 e. The summed E-state index contributed by atoms with van der Waals surface area (Å²) in [6.45, 7) is 5.85. The quantitative estimate of drug-likeness (QED) is 0.243. The first kappa shape index (κ1) is 28.7. The summed E-state index contributed by atoms with van der Waals surface area (Å²) >= 11 is 5.99. The van der Waals surface area contributed by atoms with Crippen LogP contribution in [0.1, 0.15) is 30.9 Å². The molecule has 1 aliphatic heterocycles. The molecule has 4 N–H and O–H groups in total. The second-order valence-electron chi connectivity index (χ2n) is 9.65. The van der Waals surface area contributed by atoms with Gasteiger partial charge in [0.05, 0.1) is 17.3 Å². The molecule has 9 heteroatoms. The number of benzene rings is 3. The van der Waals surface area contributed by atoms with Gasteiger partial charge in [-0.1, -0.05) is 48.0 Å². The maximum absolute atomic E-state index is 13.4. The predicted molar refractivity (Wildman–Crippen MR) is 161 cm³/mol. The van der Waals surface area contributed by atoms with E-state index >= 15 is 0 Å². The van der Waals surface area contributed by atoms with Crippen LogP contribution in [-0.2, 0) is 9.59 Å². The van der Waals surface area contributed by atoms with Crippen molar-refractivity contribution >= 4 is 52.6 Å². The number of anilines is 3. The molecule has 0 radical (unpaired) electrons. The van der Waals surface area contributed by atoms with Gasteiger partial charge in [0.15, 0.2) is 0 Å². The average Bonchev–Trinajstić information content (AvgIpc) is 3.41. The number of urea groups is 1. The summed E-state index contributed by atoms with van der Waals surface area (Å²) in [6.07, 6.45) is 3.16. The zero-order valence-electron chi connectivity index (χ0n) is 22.6. The topological polar surface area (TPSA) is 108 Å². The zero-order chi connectivity index (χ0) is 28.6. The largest absolute Gasteiger partial charge is 0.397 e. The molecule has 2 atom stereocenters. The highest BCUT2D eigenvalue weighted by Gasteiger charge is 2.41. The lowest BCUT2D eigenvalue weighted by atomic mass is 9.88. The van der Waals surface area contributed by atoms with Crippen LogP contribution in [0, 0.1) is 5.92 Å². The van der Waals surface area contributed by atoms with Gasteiger partial charge >= 0.3 is 6.03 Å². The van der Waals surface area contributed by atoms with Crippen molar-refractivity contribution in [3.05, 3.63) is 95.0 Å². The Morgan fingerprint density at radius 3 is 2.27 bits per heavy atom. The van der Waals surface area contributed by atoms with Gasteiger partial charge < -0.3 is 26.2 Å². The van der Waals surface area contributed by atoms with Crippen molar-refractivity contribution in [3.63, 3.8) is 0 Å². The van der Waals surface area contributed by atoms with Gasteiger partial charge in [0.1, 0.15) is 0 Å². The lowest BCUT2D eigenvalue weighted by Gasteiger charge is -2.26. The van der Waals surface area contributed by atoms with E-state index in [0.717, 1.165) is 11.1 Å². The first-order chi connectivity index (χ1) is 19.3. The van der Waals surface area contributed by atoms with Crippen LogP contribution in [-0.4, -0.2) is 53.8 Å². The molecule has 3 aromatic carbocycles. The molecule has 40 heavy (non-hydrogen) atoms. The Kier molecular flexibility index (Phi) is 9.45. The number of carbonyl (C=O) groups excluding carboxylic acids is 3. The van der Waals surface area contributed by atoms with E-state index in [1.54, 1.807) is 64.4 Å². The minimum atomic E-state index is -0.432. The van der Waals surface area contributed by atoms with E-state index in [4.69, 9.17) is 17.3 Å². The third-order valence-electron chi connectivity index (χ3n) is 7.08. The van der Waals surface area contributed by atoms with Crippen LogP contribution in [0.5, 0.6) is 0 Å². The van der Waals surface area contributed by atoms with Gasteiger partial charge in [-0.3, -0.25) is 9.59 Å². The molecule has 1 heterocycles. The number of hydrogen-bond donors (Lipinski definition) is 3. The number of nitrogen functional groups attached to an aromatic ring is 1. The first-order valence-electron chi connectivity index (χ1n) is 13.3. The number of likely N-dealkylation sites (tertiary alicyclic amines) is 1. The van der Waals surface area contributed by atoms with Crippen LogP contribution in [0.3, 0.4) is 0 Å². The van der Waals surface area contributed by atoms with Gasteiger partial charge in [0.25, 0.3) is 0 Å². The number of para-hydroxylation sites is 2. The summed E-state index contributed by atoms with van der Waals surface area (Å²) in [6, 6.07) is 21.7. The number of nitrogens with zero attached hydrogens (tertiary/aromatic N) is 2. The highest BCUT2D eigenvalue weighted by Crippen LogP contribution is 2.34. The summed E-state index contributed by atoms with van der Waals surface area (Å²) in [5, 5.41) is 6.34. The molecule has 1 aliphatic rings. The Hall–Kier alpha value is -4.30. The number of carbonyl (C=O) groups is 3. The van der Waals surface area contributed by atoms with Crippen LogP contribution in [0.25, 0.3) is 6.08 Å². The Balaban J connectivity index is 1.50. The van der Waals surface area contributed by atoms with Gasteiger partial charge in [-0.2, -0.15) is 0 Å². The highest BCUT2D eigenvalue weighted by molar-refractivity contribution is 6.30. The Bertz CT molecular complexity index is 1370. The van der Waals surface area contributed by atoms with E-state index in [0.29, 0.717) is 48.3 Å². The van der Waals surface area contributed by atoms with Gasteiger partial charge in [-0.25, -0.2) is 4.79 Å². The summed E-state index contributed by atoms with van der Waals surface area (Å²) < 4.78 is 0. The molecule has 208 valence electrons. The molecule has 1 saturated heterocycles. The van der Waals surface area contributed by atoms with E-state index in [9.17, 15) is 14.4 Å². The van der Waals surface area contributed by atoms with Crippen molar-refractivity contribution in [3.8, 4) is 0 Å². The number of amides is 4. The molecular weight excluding hydrogens is 526 g/mol. The second kappa shape index (κ2) is 13.2. The minimum absolute atomic E-state index is 0.0681. The molecule has 3 aromatic rings. The maximum atomic E-state index is 13.4. The monoisotopic (exact) mass is 559 g/mol. The van der Waals surface area contributed by atoms with Crippen LogP contribution in [0.15, 0.2) is 78.9 Å². The van der Waals surface area contributed by atoms with Gasteiger partial charge in [-0.05, 0) is 67.4 Å². The maximum Gasteiger partial charge on any atom is 0.320 e. The number of rotatable bonds is 8. The number of halogens is 1. The van der Waals surface area contributed by atoms with Gasteiger partial charge in [0.2, 0.25) is 11.8 Å². The molecular formula is C31H34ClN5O3. The number of nitrogens with one attached hydrogen (secondary N) is 2. The first-order valence-corrected chi connectivity index (χ1v) is 13.7. The molecule has 0 bridgehead atoms. The molecule has 8 nitrogen and oxygen atoms in total. The van der Waals surface area contributed by atoms with Gasteiger partial charge in [0, 0.05) is 48.9 Å². The highest BCUT2D eigenvalue weighted by atomic mass is 35.5. The van der Waals surface area contributed by atoms with Crippen molar-refractivity contribution in [2.24, 2.45) is 5.92 Å². The summed E-state index contributed by atoms with van der Waals surface area (Å²) in [5.74, 6) is -1.06. The van der Waals surface area contributed by atoms with E-state index in [-0.39, 0.29) is 23.8 Å². The van der Waals surface area contributed by atoms with Crippen LogP contribution >= 0.6 is 11.6 Å². The molecule has 0 aliphatic carbocycles. The molecule has 0 aromatic heterocycles. The van der Waals surface area contributed by atoms with Crippen LogP contribution < -0.4 is 16.4 Å². The Morgan fingerprint density at radius 2 is 1.62 bits per heavy atom. The predicted octanol–water partition coefficient (Wildman–Crippen LogP) is 5.69. The SMILES string of the molecule is CCN(CC)C(=O)N1C[C@H](C(=O)Nc2ccc(Cl)cc2)[C@@H](c2ccc(/C=C/C(=O)Nc3ccccc3N)cc2)C1. The molecule has 4 rings (SSSR count). The third-order valence-corrected chi connectivity index (χ3v) is 7.34. The second-order valence-corrected chi connectivity index (χ2v) is 10.1. The summed E-state index contributed by atoms with van der Waals surface area (Å²) in [5.41, 5.74) is 9.37. The molecule has 0 spiro atoms. The van der Waals surface area contributed by atoms with Crippen molar-refractivity contribution < 1.29 is 14.4 Å². The van der Waals surface area contributed by atoms with Crippen molar-refractivity contribution in [2.45, 2.75) is 19.8 Å². The van der Waals surface area contributed by atoms with E-state index in [1.165, 1.54) is 6.08 Å². The fraction of sp³-hybridized carbons (Fsp3) is 0.258. The number of hydrogen-bond acceptors (Lipinski definition) is 4. The van der Waals surface area contributed by atoms with Crippen molar-refractivity contribution in [2.75, 3.05) is 42.5 Å². The van der Waals surface area contributed by atoms with Crippen molar-refractivity contribution in [1.29, 1.82) is 0 Å². The van der Waals surface area contributed by atoms with E-state index in [1.807, 2.05) is 38.1 Å². The third kappa shape index (κ3) is 7.01. The lowest BCUT2D eigenvalue weighted by Crippen LogP contribution is -2.42. The normalized spacial score (nSPS) is 16.6. The number of nitrogens with two attached hydrogens (primary N) is 1. The fourth-order valence-corrected chi connectivity index (χ4v) is 4.96. The van der Waals surface area contributed by atoms with Crippen LogP contribution in [0.4, 0.5) is 21.9 Å². The van der Waals surface area contributed by atoms with Crippen molar-refractivity contribution in [1.82, 2.24) is 9.80 Å². The van der Waals surface area contributed by atoms with Gasteiger partial charge in [-0.15, -0.1) is 0 Å². The Labute approximate surface area is 239 Å². The molecule has 1 fully saturated rings. The summed E-state index contributed by atoms with van der Waals surface area (Å²) in [4.78, 5) is 42.5. The molecule has 0 saturated carbocycles. The zero-order valence-corrected chi connectivity index (χ0v) is 23.4. The fourth-order valence-electron chi connectivity index (χ4n) is 4.84. The molecule has 0 unspecified atom stereocenters. The summed E-state index contributed by atoms with van der Waals surface area (Å²) in [7, 11) is 0. The van der Waals surface area contributed by atoms with Crippen LogP contribution in [0.2, 0.25) is 5.02 Å². The van der Waals surface area contributed by atoms with E-state index < -0.39 is 5.92 Å². The standard InChI is InChI=1S/C31H34ClN5O3/c1-3-36(4-2)31(40)37-19-25(26(20-37)30(39)34-24-16-14-23(32)15-17-24)22-12-9-21(10-13-22)11-18-29(38)35-28-8-6-5-7-27(28)33/h5-18,25-26H,3-4,19-20,33H2,1-2H3,(H,34,39)(H,35,38)/b18-11+/t25-,26+/m1/s1. The van der Waals surface area contributed by atoms with E-state index in [2.05, 4.69) is 10.6 Å². The average molecular weight is 560 g/mol.